The van der Waals surface area contributed by atoms with Gasteiger partial charge in [-0.25, -0.2) is 4.98 Å². The van der Waals surface area contributed by atoms with Gasteiger partial charge in [0.15, 0.2) is 5.13 Å². The lowest BCUT2D eigenvalue weighted by atomic mass is 9.96. The van der Waals surface area contributed by atoms with Crippen molar-refractivity contribution in [1.29, 1.82) is 0 Å². The summed E-state index contributed by atoms with van der Waals surface area (Å²) in [4.78, 5) is 21.1. The number of anilines is 1. The van der Waals surface area contributed by atoms with Gasteiger partial charge in [0.25, 0.3) is 0 Å². The summed E-state index contributed by atoms with van der Waals surface area (Å²) in [5.41, 5.74) is 0. The fourth-order valence-corrected chi connectivity index (χ4v) is 4.00. The molecule has 1 saturated carbocycles. The van der Waals surface area contributed by atoms with Gasteiger partial charge < -0.3 is 35.2 Å². The number of nitrogens with zero attached hydrogens (tertiary/aromatic N) is 4. The highest BCUT2D eigenvalue weighted by atomic mass is 32.1. The molecule has 200 valence electrons. The molecule has 0 radical (unpaired) electrons. The smallest absolute Gasteiger partial charge is 0.219 e. The van der Waals surface area contributed by atoms with Crippen molar-refractivity contribution < 1.29 is 14.6 Å². The van der Waals surface area contributed by atoms with Crippen LogP contribution >= 0.6 is 11.3 Å². The van der Waals surface area contributed by atoms with Crippen molar-refractivity contribution in [2.75, 3.05) is 93.1 Å². The van der Waals surface area contributed by atoms with Crippen molar-refractivity contribution in [3.63, 3.8) is 0 Å². The third-order valence-corrected chi connectivity index (χ3v) is 6.63. The summed E-state index contributed by atoms with van der Waals surface area (Å²) in [5.74, 6) is 0.202. The van der Waals surface area contributed by atoms with Gasteiger partial charge in [-0.3, -0.25) is 4.79 Å². The Kier molecular flexibility index (Phi) is 21.3. The third-order valence-electron chi connectivity index (χ3n) is 5.84. The average Bonchev–Trinajstić information content (AvgIpc) is 3.42. The standard InChI is InChI=1S/C7H14N2O.C7H15N.C5H11NO.C4H6N2S.CH4O/c1-7(10)9-5-3-8(2)4-6-9;1-8-7-5-3-2-4-6-7;1-6-2-4-7-5-3-6;1-5-4-6-2-3-7-4;1-2/h3-6H2,1-2H3;7-8H,2-6H2,1H3;2-5H2,1H3;2-3H,1H3,(H,5,6);2H,1H3. The molecule has 3 aliphatic rings. The Bertz CT molecular complexity index is 559. The third kappa shape index (κ3) is 17.2. The average molecular weight is 503 g/mol. The first kappa shape index (κ1) is 32.7. The maximum atomic E-state index is 10.8. The second-order valence-electron chi connectivity index (χ2n) is 8.44. The van der Waals surface area contributed by atoms with Gasteiger partial charge in [-0.1, -0.05) is 19.3 Å². The number of likely N-dealkylation sites (N-methyl/N-ethyl adjacent to an activating group) is 2. The fourth-order valence-electron chi connectivity index (χ4n) is 3.51. The lowest BCUT2D eigenvalue weighted by Gasteiger charge is -2.31. The number of morpholine rings is 1. The number of amides is 1. The van der Waals surface area contributed by atoms with Gasteiger partial charge in [-0.05, 0) is 34.0 Å². The van der Waals surface area contributed by atoms with E-state index in [2.05, 4.69) is 46.6 Å². The molecule has 0 atom stereocenters. The van der Waals surface area contributed by atoms with Gasteiger partial charge in [0, 0.05) is 78.0 Å². The van der Waals surface area contributed by atoms with E-state index in [1.165, 1.54) is 32.1 Å². The summed E-state index contributed by atoms with van der Waals surface area (Å²) >= 11 is 1.60. The van der Waals surface area contributed by atoms with E-state index in [1.807, 2.05) is 17.3 Å². The van der Waals surface area contributed by atoms with E-state index in [4.69, 9.17) is 9.84 Å². The molecule has 0 spiro atoms. The number of nitrogens with one attached hydrogen (secondary N) is 2. The lowest BCUT2D eigenvalue weighted by molar-refractivity contribution is -0.130. The monoisotopic (exact) mass is 502 g/mol. The number of hydrogen-bond donors (Lipinski definition) is 3. The molecule has 1 aromatic rings. The summed E-state index contributed by atoms with van der Waals surface area (Å²) in [7, 11) is 9.12. The van der Waals surface area contributed by atoms with E-state index < -0.39 is 0 Å². The van der Waals surface area contributed by atoms with Crippen LogP contribution in [0.25, 0.3) is 0 Å². The van der Waals surface area contributed by atoms with Crippen molar-refractivity contribution in [3.05, 3.63) is 11.6 Å². The second-order valence-corrected chi connectivity index (χ2v) is 9.33. The Morgan fingerprint density at radius 3 is 1.88 bits per heavy atom. The highest BCUT2D eigenvalue weighted by molar-refractivity contribution is 7.13. The lowest BCUT2D eigenvalue weighted by Crippen LogP contribution is -2.46. The van der Waals surface area contributed by atoms with Crippen LogP contribution in [0.4, 0.5) is 5.13 Å². The van der Waals surface area contributed by atoms with Gasteiger partial charge in [0.1, 0.15) is 0 Å². The Morgan fingerprint density at radius 1 is 1.00 bits per heavy atom. The van der Waals surface area contributed by atoms with E-state index in [0.29, 0.717) is 0 Å². The van der Waals surface area contributed by atoms with E-state index in [1.54, 1.807) is 24.5 Å². The van der Waals surface area contributed by atoms with Crippen LogP contribution in [0.2, 0.25) is 0 Å². The number of carbonyl (C=O) groups is 1. The molecule has 0 unspecified atom stereocenters. The minimum atomic E-state index is 0.202. The second kappa shape index (κ2) is 22.2. The van der Waals surface area contributed by atoms with Crippen molar-refractivity contribution in [3.8, 4) is 0 Å². The Morgan fingerprint density at radius 2 is 1.56 bits per heavy atom. The van der Waals surface area contributed by atoms with Crippen LogP contribution in [0.1, 0.15) is 39.0 Å². The number of piperazine rings is 1. The van der Waals surface area contributed by atoms with Crippen LogP contribution in [-0.2, 0) is 9.53 Å². The molecular weight excluding hydrogens is 452 g/mol. The van der Waals surface area contributed by atoms with E-state index >= 15 is 0 Å². The summed E-state index contributed by atoms with van der Waals surface area (Å²) in [5, 5.41) is 16.1. The molecule has 34 heavy (non-hydrogen) atoms. The number of hydrogen-bond acceptors (Lipinski definition) is 9. The molecule has 2 aliphatic heterocycles. The van der Waals surface area contributed by atoms with Crippen LogP contribution in [0.3, 0.4) is 0 Å². The first-order valence-electron chi connectivity index (χ1n) is 12.4. The van der Waals surface area contributed by atoms with Gasteiger partial charge in [0.2, 0.25) is 5.91 Å². The fraction of sp³-hybridized carbons (Fsp3) is 0.833. The van der Waals surface area contributed by atoms with Crippen molar-refractivity contribution in [2.45, 2.75) is 45.1 Å². The van der Waals surface area contributed by atoms with Crippen LogP contribution < -0.4 is 10.6 Å². The Hall–Kier alpha value is -1.30. The zero-order chi connectivity index (χ0) is 25.6. The maximum absolute atomic E-state index is 10.8. The number of rotatable bonds is 2. The van der Waals surface area contributed by atoms with E-state index in [9.17, 15) is 4.79 Å². The first-order valence-corrected chi connectivity index (χ1v) is 13.2. The summed E-state index contributed by atoms with van der Waals surface area (Å²) < 4.78 is 5.10. The van der Waals surface area contributed by atoms with Gasteiger partial charge in [-0.15, -0.1) is 11.3 Å². The zero-order valence-electron chi connectivity index (χ0n) is 22.4. The topological polar surface area (TPSA) is 93.2 Å². The molecule has 9 nitrogen and oxygen atoms in total. The molecule has 1 aromatic heterocycles. The highest BCUT2D eigenvalue weighted by Gasteiger charge is 2.14. The predicted octanol–water partition coefficient (Wildman–Crippen LogP) is 2.06. The van der Waals surface area contributed by atoms with Gasteiger partial charge >= 0.3 is 0 Å². The largest absolute Gasteiger partial charge is 0.400 e. The van der Waals surface area contributed by atoms with Crippen LogP contribution in [-0.4, -0.2) is 125 Å². The normalized spacial score (nSPS) is 19.0. The molecule has 10 heteroatoms. The molecular formula is C24H50N6O3S. The summed E-state index contributed by atoms with van der Waals surface area (Å²) in [6, 6.07) is 0.837. The molecule has 2 saturated heterocycles. The number of aliphatic hydroxyl groups excluding tert-OH is 1. The number of ether oxygens (including phenoxy) is 1. The van der Waals surface area contributed by atoms with Gasteiger partial charge in [0.05, 0.1) is 13.2 Å². The molecule has 3 heterocycles. The summed E-state index contributed by atoms with van der Waals surface area (Å²) in [6.45, 7) is 9.47. The quantitative estimate of drug-likeness (QED) is 0.566. The predicted molar refractivity (Wildman–Crippen MR) is 144 cm³/mol. The number of aromatic nitrogens is 1. The molecule has 1 aliphatic carbocycles. The molecule has 3 N–H and O–H groups in total. The highest BCUT2D eigenvalue weighted by Crippen LogP contribution is 2.16. The number of carbonyl (C=O) groups excluding carboxylic acids is 1. The van der Waals surface area contributed by atoms with Crippen LogP contribution in [0.15, 0.2) is 11.6 Å². The number of thiazole rings is 1. The van der Waals surface area contributed by atoms with Crippen molar-refractivity contribution in [1.82, 2.24) is 25.0 Å². The number of aliphatic hydroxyl groups is 1. The molecule has 0 aromatic carbocycles. The maximum Gasteiger partial charge on any atom is 0.219 e. The Balaban J connectivity index is 0.000000420. The molecule has 3 fully saturated rings. The van der Waals surface area contributed by atoms with Gasteiger partial charge in [-0.2, -0.15) is 0 Å². The summed E-state index contributed by atoms with van der Waals surface area (Å²) in [6.07, 6.45) is 8.90. The van der Waals surface area contributed by atoms with Crippen molar-refractivity contribution >= 4 is 22.4 Å². The molecule has 4 rings (SSSR count). The zero-order valence-corrected chi connectivity index (χ0v) is 23.2. The van der Waals surface area contributed by atoms with E-state index in [-0.39, 0.29) is 5.91 Å². The van der Waals surface area contributed by atoms with Crippen LogP contribution in [0.5, 0.6) is 0 Å². The van der Waals surface area contributed by atoms with Crippen molar-refractivity contribution in [2.24, 2.45) is 0 Å². The minimum absolute atomic E-state index is 0.202. The minimum Gasteiger partial charge on any atom is -0.400 e. The molecule has 1 amide bonds. The molecule has 0 bridgehead atoms. The van der Waals surface area contributed by atoms with Crippen LogP contribution in [0, 0.1) is 0 Å². The SMILES string of the molecule is CC(=O)N1CCN(C)CC1.CN1CCOCC1.CNC1CCCCC1.CNc1nccs1.CO. The Labute approximate surface area is 211 Å². The van der Waals surface area contributed by atoms with E-state index in [0.717, 1.165) is 70.8 Å². The first-order chi connectivity index (χ1) is 16.5.